The van der Waals surface area contributed by atoms with Gasteiger partial charge in [-0.15, -0.1) is 0 Å². The fourth-order valence-corrected chi connectivity index (χ4v) is 6.76. The number of hydrogen-bond acceptors (Lipinski definition) is 3. The van der Waals surface area contributed by atoms with Gasteiger partial charge in [0.05, 0.1) is 11.4 Å². The number of benzene rings is 6. The molecule has 204 valence electrons. The van der Waals surface area contributed by atoms with Crippen molar-refractivity contribution >= 4 is 43.1 Å². The SMILES string of the molecule is c1ccc(-c2cc(-c3ccccn3)cc(-c3ccc4ccc5c(-c6cncc7ccccc67)ccc6ccc3c4c65)c2)nc1. The molecule has 0 amide bonds. The molecule has 3 nitrogen and oxygen atoms in total. The number of nitrogens with zero attached hydrogens (tertiary/aromatic N) is 3. The van der Waals surface area contributed by atoms with Gasteiger partial charge in [-0.3, -0.25) is 15.0 Å². The molecule has 0 fully saturated rings. The Morgan fingerprint density at radius 1 is 0.364 bits per heavy atom. The average Bonchev–Trinajstić information content (AvgIpc) is 3.11. The van der Waals surface area contributed by atoms with Crippen molar-refractivity contribution in [1.82, 2.24) is 15.0 Å². The fraction of sp³-hybridized carbons (Fsp3) is 0. The maximum Gasteiger partial charge on any atom is 0.0702 e. The first-order chi connectivity index (χ1) is 21.8. The molecule has 3 heterocycles. The summed E-state index contributed by atoms with van der Waals surface area (Å²) < 4.78 is 0. The molecule has 0 N–H and O–H groups in total. The summed E-state index contributed by atoms with van der Waals surface area (Å²) in [7, 11) is 0. The maximum absolute atomic E-state index is 4.68. The molecule has 44 heavy (non-hydrogen) atoms. The summed E-state index contributed by atoms with van der Waals surface area (Å²) in [5.74, 6) is 0. The lowest BCUT2D eigenvalue weighted by atomic mass is 9.86. The Hall–Kier alpha value is -5.93. The van der Waals surface area contributed by atoms with E-state index in [4.69, 9.17) is 0 Å². The van der Waals surface area contributed by atoms with Crippen molar-refractivity contribution in [3.05, 3.63) is 152 Å². The standard InChI is InChI=1S/C41H25N3/c1-2-8-32-28(7-1)24-42-25-37(32)34-16-12-27-13-17-35-33(15-11-26-14-18-36(34)41(27)40(26)35)29-21-30(38-9-3-5-19-43-38)23-31(22-29)39-10-4-6-20-44-39/h1-25H. The van der Waals surface area contributed by atoms with E-state index in [2.05, 4.69) is 118 Å². The minimum atomic E-state index is 0.942. The summed E-state index contributed by atoms with van der Waals surface area (Å²) in [6.45, 7) is 0. The van der Waals surface area contributed by atoms with Gasteiger partial charge in [0.15, 0.2) is 0 Å². The van der Waals surface area contributed by atoms with E-state index in [0.29, 0.717) is 0 Å². The molecule has 0 saturated carbocycles. The van der Waals surface area contributed by atoms with Gasteiger partial charge in [0.2, 0.25) is 0 Å². The summed E-state index contributed by atoms with van der Waals surface area (Å²) in [6.07, 6.45) is 7.64. The predicted molar refractivity (Wildman–Crippen MR) is 183 cm³/mol. The Morgan fingerprint density at radius 2 is 0.932 bits per heavy atom. The second kappa shape index (κ2) is 9.82. The first kappa shape index (κ1) is 24.6. The quantitative estimate of drug-likeness (QED) is 0.201. The van der Waals surface area contributed by atoms with Crippen LogP contribution in [0.1, 0.15) is 0 Å². The molecule has 0 saturated heterocycles. The Labute approximate surface area is 254 Å². The molecule has 0 aliphatic rings. The van der Waals surface area contributed by atoms with Crippen molar-refractivity contribution in [3.63, 3.8) is 0 Å². The topological polar surface area (TPSA) is 38.7 Å². The van der Waals surface area contributed by atoms with Crippen LogP contribution in [0.25, 0.3) is 87.9 Å². The van der Waals surface area contributed by atoms with Crippen LogP contribution in [0, 0.1) is 0 Å². The third-order valence-corrected chi connectivity index (χ3v) is 8.79. The smallest absolute Gasteiger partial charge is 0.0702 e. The highest BCUT2D eigenvalue weighted by Gasteiger charge is 2.17. The first-order valence-corrected chi connectivity index (χ1v) is 14.8. The van der Waals surface area contributed by atoms with E-state index in [0.717, 1.165) is 39.0 Å². The van der Waals surface area contributed by atoms with Crippen LogP contribution in [-0.2, 0) is 0 Å². The lowest BCUT2D eigenvalue weighted by Gasteiger charge is -2.18. The zero-order valence-corrected chi connectivity index (χ0v) is 23.8. The van der Waals surface area contributed by atoms with Gasteiger partial charge < -0.3 is 0 Å². The summed E-state index contributed by atoms with van der Waals surface area (Å²) in [5, 5.41) is 9.89. The molecule has 3 aromatic heterocycles. The molecule has 0 aliphatic heterocycles. The number of hydrogen-bond donors (Lipinski definition) is 0. The van der Waals surface area contributed by atoms with Crippen LogP contribution in [-0.4, -0.2) is 15.0 Å². The van der Waals surface area contributed by atoms with Gasteiger partial charge in [0.1, 0.15) is 0 Å². The molecule has 9 rings (SSSR count). The molecule has 0 unspecified atom stereocenters. The zero-order valence-electron chi connectivity index (χ0n) is 23.8. The van der Waals surface area contributed by atoms with E-state index in [-0.39, 0.29) is 0 Å². The molecule has 6 aromatic carbocycles. The minimum absolute atomic E-state index is 0.942. The van der Waals surface area contributed by atoms with Crippen LogP contribution >= 0.6 is 0 Å². The van der Waals surface area contributed by atoms with E-state index in [1.165, 1.54) is 48.8 Å². The van der Waals surface area contributed by atoms with Gasteiger partial charge in [0, 0.05) is 46.9 Å². The van der Waals surface area contributed by atoms with Crippen LogP contribution in [0.4, 0.5) is 0 Å². The fourth-order valence-electron chi connectivity index (χ4n) is 6.76. The molecular formula is C41H25N3. The average molecular weight is 560 g/mol. The van der Waals surface area contributed by atoms with Crippen LogP contribution in [0.2, 0.25) is 0 Å². The van der Waals surface area contributed by atoms with E-state index in [1.54, 1.807) is 0 Å². The van der Waals surface area contributed by atoms with Gasteiger partial charge in [0.25, 0.3) is 0 Å². The van der Waals surface area contributed by atoms with Crippen molar-refractivity contribution in [2.45, 2.75) is 0 Å². The van der Waals surface area contributed by atoms with Crippen molar-refractivity contribution in [2.75, 3.05) is 0 Å². The van der Waals surface area contributed by atoms with Crippen molar-refractivity contribution in [1.29, 1.82) is 0 Å². The number of pyridine rings is 3. The summed E-state index contributed by atoms with van der Waals surface area (Å²) >= 11 is 0. The van der Waals surface area contributed by atoms with E-state index in [9.17, 15) is 0 Å². The van der Waals surface area contributed by atoms with Crippen molar-refractivity contribution in [3.8, 4) is 44.8 Å². The first-order valence-electron chi connectivity index (χ1n) is 14.8. The van der Waals surface area contributed by atoms with Crippen LogP contribution in [0.5, 0.6) is 0 Å². The minimum Gasteiger partial charge on any atom is -0.263 e. The number of fused-ring (bicyclic) bond motifs is 1. The second-order valence-electron chi connectivity index (χ2n) is 11.3. The summed E-state index contributed by atoms with van der Waals surface area (Å²) in [5.41, 5.74) is 8.72. The second-order valence-corrected chi connectivity index (χ2v) is 11.3. The normalized spacial score (nSPS) is 11.6. The molecule has 0 atom stereocenters. The molecule has 0 bridgehead atoms. The molecule has 3 heteroatoms. The van der Waals surface area contributed by atoms with Crippen molar-refractivity contribution < 1.29 is 0 Å². The molecule has 0 aliphatic carbocycles. The third-order valence-electron chi connectivity index (χ3n) is 8.79. The van der Waals surface area contributed by atoms with Gasteiger partial charge in [-0.25, -0.2) is 0 Å². The Balaban J connectivity index is 1.32. The Bertz CT molecular complexity index is 2420. The molecule has 0 spiro atoms. The van der Waals surface area contributed by atoms with Crippen molar-refractivity contribution in [2.24, 2.45) is 0 Å². The van der Waals surface area contributed by atoms with E-state index >= 15 is 0 Å². The largest absolute Gasteiger partial charge is 0.263 e. The van der Waals surface area contributed by atoms with E-state index in [1.807, 2.05) is 49.1 Å². The Kier molecular flexibility index (Phi) is 5.50. The lowest BCUT2D eigenvalue weighted by molar-refractivity contribution is 1.31. The van der Waals surface area contributed by atoms with Gasteiger partial charge in [-0.1, -0.05) is 84.9 Å². The highest BCUT2D eigenvalue weighted by molar-refractivity contribution is 6.28. The van der Waals surface area contributed by atoms with Crippen LogP contribution < -0.4 is 0 Å². The Morgan fingerprint density at radius 3 is 1.59 bits per heavy atom. The molecular weight excluding hydrogens is 534 g/mol. The monoisotopic (exact) mass is 559 g/mol. The summed E-state index contributed by atoms with van der Waals surface area (Å²) in [4.78, 5) is 14.0. The highest BCUT2D eigenvalue weighted by atomic mass is 14.7. The maximum atomic E-state index is 4.68. The predicted octanol–water partition coefficient (Wildman–Crippen LogP) is 10.6. The molecule has 9 aromatic rings. The van der Waals surface area contributed by atoms with E-state index < -0.39 is 0 Å². The van der Waals surface area contributed by atoms with Gasteiger partial charge in [-0.05, 0) is 96.9 Å². The van der Waals surface area contributed by atoms with Gasteiger partial charge in [-0.2, -0.15) is 0 Å². The summed E-state index contributed by atoms with van der Waals surface area (Å²) in [6, 6.07) is 45.4. The third kappa shape index (κ3) is 3.87. The van der Waals surface area contributed by atoms with Gasteiger partial charge >= 0.3 is 0 Å². The lowest BCUT2D eigenvalue weighted by Crippen LogP contribution is -1.92. The highest BCUT2D eigenvalue weighted by Crippen LogP contribution is 2.44. The number of aromatic nitrogens is 3. The zero-order chi connectivity index (χ0) is 29.0. The molecule has 0 radical (unpaired) electrons. The van der Waals surface area contributed by atoms with Crippen LogP contribution in [0.3, 0.4) is 0 Å². The van der Waals surface area contributed by atoms with Crippen LogP contribution in [0.15, 0.2) is 152 Å². The number of rotatable bonds is 4.